The molecule has 3 nitrogen and oxygen atoms in total. The van der Waals surface area contributed by atoms with Gasteiger partial charge in [-0.25, -0.2) is 0 Å². The Kier molecular flexibility index (Phi) is 5.05. The van der Waals surface area contributed by atoms with Crippen LogP contribution in [0.5, 0.6) is 0 Å². The third-order valence-corrected chi connectivity index (χ3v) is 3.83. The van der Waals surface area contributed by atoms with Crippen LogP contribution in [0.3, 0.4) is 0 Å². The summed E-state index contributed by atoms with van der Waals surface area (Å²) in [6.07, 6.45) is 4.21. The number of aromatic nitrogens is 1. The molecule has 3 heteroatoms. The molecule has 0 unspecified atom stereocenters. The topological polar surface area (TPSA) is 54.7 Å². The van der Waals surface area contributed by atoms with E-state index in [1.165, 1.54) is 24.0 Å². The van der Waals surface area contributed by atoms with Crippen molar-refractivity contribution < 1.29 is 0 Å². The maximum absolute atomic E-state index is 9.29. The molecule has 0 saturated carbocycles. The first-order valence-electron chi connectivity index (χ1n) is 7.59. The second kappa shape index (κ2) is 6.99. The number of rotatable bonds is 6. The lowest BCUT2D eigenvalue weighted by atomic mass is 10.1. The molecule has 2 aromatic rings. The maximum atomic E-state index is 9.29. The van der Waals surface area contributed by atoms with Crippen molar-refractivity contribution in [2.75, 3.05) is 5.73 Å². The minimum Gasteiger partial charge on any atom is -0.397 e. The molecule has 1 aromatic carbocycles. The molecule has 0 aliphatic rings. The monoisotopic (exact) mass is 281 g/mol. The number of nitrogens with two attached hydrogens (primary N) is 1. The zero-order chi connectivity index (χ0) is 15.2. The molecular formula is C18H23N3. The van der Waals surface area contributed by atoms with E-state index in [0.29, 0.717) is 5.69 Å². The Morgan fingerprint density at radius 2 is 1.90 bits per heavy atom. The highest BCUT2D eigenvalue weighted by Gasteiger charge is 2.13. The number of aryl methyl sites for hydroxylation is 1. The van der Waals surface area contributed by atoms with Crippen LogP contribution in [0.4, 0.5) is 5.69 Å². The lowest BCUT2D eigenvalue weighted by molar-refractivity contribution is 0.586. The van der Waals surface area contributed by atoms with Gasteiger partial charge in [-0.05, 0) is 25.0 Å². The van der Waals surface area contributed by atoms with Crippen molar-refractivity contribution in [3.05, 3.63) is 52.8 Å². The van der Waals surface area contributed by atoms with Crippen molar-refractivity contribution in [1.29, 1.82) is 5.26 Å². The fraction of sp³-hybridized carbons (Fsp3) is 0.389. The molecule has 0 bridgehead atoms. The molecule has 0 radical (unpaired) electrons. The van der Waals surface area contributed by atoms with Gasteiger partial charge in [0.15, 0.2) is 0 Å². The standard InChI is InChI=1S/C18H23N3/c1-3-4-5-10-21-16(13-19)12-17(20)18(21)11-15-8-6-14(2)7-9-15/h6-9,12H,3-5,10-11,20H2,1-2H3. The molecule has 110 valence electrons. The lowest BCUT2D eigenvalue weighted by Gasteiger charge is -2.11. The Bertz CT molecular complexity index is 630. The van der Waals surface area contributed by atoms with Crippen molar-refractivity contribution in [2.45, 2.75) is 46.1 Å². The number of hydrogen-bond donors (Lipinski definition) is 1. The molecule has 0 atom stereocenters. The highest BCUT2D eigenvalue weighted by atomic mass is 15.0. The van der Waals surface area contributed by atoms with Gasteiger partial charge < -0.3 is 10.3 Å². The van der Waals surface area contributed by atoms with Gasteiger partial charge in [0.2, 0.25) is 0 Å². The number of nitriles is 1. The molecule has 2 N–H and O–H groups in total. The van der Waals surface area contributed by atoms with Crippen molar-refractivity contribution in [3.8, 4) is 6.07 Å². The van der Waals surface area contributed by atoms with Gasteiger partial charge in [-0.1, -0.05) is 49.6 Å². The molecule has 21 heavy (non-hydrogen) atoms. The quantitative estimate of drug-likeness (QED) is 0.813. The molecule has 0 saturated heterocycles. The smallest absolute Gasteiger partial charge is 0.122 e. The maximum Gasteiger partial charge on any atom is 0.122 e. The first-order valence-corrected chi connectivity index (χ1v) is 7.59. The highest BCUT2D eigenvalue weighted by Crippen LogP contribution is 2.22. The summed E-state index contributed by atoms with van der Waals surface area (Å²) in [5, 5.41) is 9.29. The van der Waals surface area contributed by atoms with E-state index >= 15 is 0 Å². The number of unbranched alkanes of at least 4 members (excludes halogenated alkanes) is 2. The largest absolute Gasteiger partial charge is 0.397 e. The van der Waals surface area contributed by atoms with Crippen LogP contribution in [0, 0.1) is 18.3 Å². The van der Waals surface area contributed by atoms with Crippen molar-refractivity contribution in [1.82, 2.24) is 4.57 Å². The van der Waals surface area contributed by atoms with Gasteiger partial charge in [-0.3, -0.25) is 0 Å². The Hall–Kier alpha value is -2.21. The normalized spacial score (nSPS) is 10.5. The van der Waals surface area contributed by atoms with E-state index in [0.717, 1.165) is 30.8 Å². The van der Waals surface area contributed by atoms with E-state index in [4.69, 9.17) is 5.73 Å². The molecule has 1 aromatic heterocycles. The van der Waals surface area contributed by atoms with Crippen LogP contribution in [0.25, 0.3) is 0 Å². The molecule has 1 heterocycles. The fourth-order valence-corrected chi connectivity index (χ4v) is 2.57. The summed E-state index contributed by atoms with van der Waals surface area (Å²) >= 11 is 0. The van der Waals surface area contributed by atoms with Gasteiger partial charge in [0.05, 0.1) is 5.69 Å². The zero-order valence-electron chi connectivity index (χ0n) is 12.9. The summed E-state index contributed by atoms with van der Waals surface area (Å²) in [6, 6.07) is 12.5. The molecule has 0 amide bonds. The molecule has 2 rings (SSSR count). The van der Waals surface area contributed by atoms with Crippen molar-refractivity contribution in [2.24, 2.45) is 0 Å². The number of nitrogens with zero attached hydrogens (tertiary/aromatic N) is 2. The van der Waals surface area contributed by atoms with Crippen molar-refractivity contribution >= 4 is 5.69 Å². The second-order valence-corrected chi connectivity index (χ2v) is 5.56. The number of benzene rings is 1. The summed E-state index contributed by atoms with van der Waals surface area (Å²) in [7, 11) is 0. The van der Waals surface area contributed by atoms with E-state index in [1.54, 1.807) is 6.07 Å². The molecule has 0 fully saturated rings. The fourth-order valence-electron chi connectivity index (χ4n) is 2.57. The average molecular weight is 281 g/mol. The Labute approximate surface area is 127 Å². The van der Waals surface area contributed by atoms with Gasteiger partial charge in [0.1, 0.15) is 11.8 Å². The third kappa shape index (κ3) is 3.66. The number of nitrogen functional groups attached to an aromatic ring is 1. The summed E-state index contributed by atoms with van der Waals surface area (Å²) in [5.74, 6) is 0. The van der Waals surface area contributed by atoms with E-state index in [9.17, 15) is 5.26 Å². The predicted octanol–water partition coefficient (Wildman–Crippen LogP) is 4.03. The molecule has 0 spiro atoms. The summed E-state index contributed by atoms with van der Waals surface area (Å²) in [5.41, 5.74) is 11.1. The van der Waals surface area contributed by atoms with Crippen LogP contribution in [0.2, 0.25) is 0 Å². The predicted molar refractivity (Wildman–Crippen MR) is 87.1 cm³/mol. The Morgan fingerprint density at radius 1 is 1.19 bits per heavy atom. The zero-order valence-corrected chi connectivity index (χ0v) is 12.9. The Morgan fingerprint density at radius 3 is 2.52 bits per heavy atom. The molecular weight excluding hydrogens is 258 g/mol. The lowest BCUT2D eigenvalue weighted by Crippen LogP contribution is -2.07. The number of hydrogen-bond acceptors (Lipinski definition) is 2. The van der Waals surface area contributed by atoms with E-state index in [2.05, 4.69) is 48.7 Å². The Balaban J connectivity index is 2.26. The van der Waals surface area contributed by atoms with Gasteiger partial charge in [-0.2, -0.15) is 5.26 Å². The van der Waals surface area contributed by atoms with Gasteiger partial charge in [0, 0.05) is 18.7 Å². The van der Waals surface area contributed by atoms with Crippen molar-refractivity contribution in [3.63, 3.8) is 0 Å². The third-order valence-electron chi connectivity index (χ3n) is 3.83. The summed E-state index contributed by atoms with van der Waals surface area (Å²) in [6.45, 7) is 5.14. The van der Waals surface area contributed by atoms with Gasteiger partial charge in [0.25, 0.3) is 0 Å². The molecule has 0 aliphatic heterocycles. The SMILES string of the molecule is CCCCCn1c(C#N)cc(N)c1Cc1ccc(C)cc1. The van der Waals surface area contributed by atoms with Gasteiger partial charge in [-0.15, -0.1) is 0 Å². The van der Waals surface area contributed by atoms with Crippen LogP contribution in [0.1, 0.15) is 48.7 Å². The van der Waals surface area contributed by atoms with E-state index in [1.807, 2.05) is 0 Å². The minimum absolute atomic E-state index is 0.672. The summed E-state index contributed by atoms with van der Waals surface area (Å²) < 4.78 is 2.09. The molecule has 0 aliphatic carbocycles. The minimum atomic E-state index is 0.672. The first kappa shape index (κ1) is 15.2. The van der Waals surface area contributed by atoms with Gasteiger partial charge >= 0.3 is 0 Å². The van der Waals surface area contributed by atoms with E-state index < -0.39 is 0 Å². The van der Waals surface area contributed by atoms with Crippen LogP contribution in [-0.2, 0) is 13.0 Å². The van der Waals surface area contributed by atoms with Crippen LogP contribution < -0.4 is 5.73 Å². The second-order valence-electron chi connectivity index (χ2n) is 5.56. The average Bonchev–Trinajstić information content (AvgIpc) is 2.78. The van der Waals surface area contributed by atoms with Crippen LogP contribution >= 0.6 is 0 Å². The van der Waals surface area contributed by atoms with Crippen LogP contribution in [0.15, 0.2) is 30.3 Å². The first-order chi connectivity index (χ1) is 10.2. The van der Waals surface area contributed by atoms with Crippen LogP contribution in [-0.4, -0.2) is 4.57 Å². The summed E-state index contributed by atoms with van der Waals surface area (Å²) in [4.78, 5) is 0. The highest BCUT2D eigenvalue weighted by molar-refractivity contribution is 5.52. The number of anilines is 1. The van der Waals surface area contributed by atoms with E-state index in [-0.39, 0.29) is 0 Å².